The molecule has 7 nitrogen and oxygen atoms in total. The maximum absolute atomic E-state index is 12.7. The largest absolute Gasteiger partial charge is 0.459 e. The third-order valence-electron chi connectivity index (χ3n) is 4.01. The molecule has 0 N–H and O–H groups in total. The van der Waals surface area contributed by atoms with Crippen molar-refractivity contribution in [3.05, 3.63) is 59.6 Å². The van der Waals surface area contributed by atoms with E-state index in [0.29, 0.717) is 24.1 Å². The summed E-state index contributed by atoms with van der Waals surface area (Å²) in [7, 11) is 0. The zero-order chi connectivity index (χ0) is 19.3. The van der Waals surface area contributed by atoms with E-state index in [-0.39, 0.29) is 12.5 Å². The Morgan fingerprint density at radius 1 is 1.21 bits per heavy atom. The van der Waals surface area contributed by atoms with Crippen LogP contribution in [0.2, 0.25) is 0 Å². The molecule has 0 aliphatic heterocycles. The third kappa shape index (κ3) is 4.01. The van der Waals surface area contributed by atoms with Gasteiger partial charge in [0.05, 0.1) is 23.0 Å². The van der Waals surface area contributed by atoms with Crippen LogP contribution in [0.1, 0.15) is 24.2 Å². The molecule has 4 rings (SSSR count). The Balaban J connectivity index is 1.46. The third-order valence-corrected chi connectivity index (χ3v) is 5.01. The molecule has 0 fully saturated rings. The lowest BCUT2D eigenvalue weighted by Crippen LogP contribution is -2.29. The van der Waals surface area contributed by atoms with Gasteiger partial charge in [0.1, 0.15) is 5.01 Å². The van der Waals surface area contributed by atoms with Gasteiger partial charge in [0.15, 0.2) is 5.76 Å². The molecule has 142 valence electrons. The zero-order valence-corrected chi connectivity index (χ0v) is 16.1. The van der Waals surface area contributed by atoms with Crippen LogP contribution in [-0.4, -0.2) is 32.5 Å². The second kappa shape index (κ2) is 8.18. The van der Waals surface area contributed by atoms with Gasteiger partial charge in [-0.25, -0.2) is 4.98 Å². The molecule has 0 aliphatic rings. The van der Waals surface area contributed by atoms with Crippen molar-refractivity contribution < 1.29 is 13.6 Å². The second-order valence-corrected chi connectivity index (χ2v) is 7.15. The summed E-state index contributed by atoms with van der Waals surface area (Å²) >= 11 is 1.55. The number of hydrogen-bond acceptors (Lipinski definition) is 7. The predicted octanol–water partition coefficient (Wildman–Crippen LogP) is 4.39. The molecule has 28 heavy (non-hydrogen) atoms. The quantitative estimate of drug-likeness (QED) is 0.432. The van der Waals surface area contributed by atoms with Crippen LogP contribution in [0.25, 0.3) is 27.9 Å². The lowest BCUT2D eigenvalue weighted by Gasteiger charge is -2.18. The molecule has 0 radical (unpaired) electrons. The van der Waals surface area contributed by atoms with Gasteiger partial charge in [0.2, 0.25) is 11.8 Å². The molecule has 0 saturated heterocycles. The number of amides is 1. The molecular formula is C20H18N4O3S. The molecule has 0 unspecified atom stereocenters. The number of aromatic nitrogens is 3. The molecule has 4 aromatic rings. The highest BCUT2D eigenvalue weighted by Gasteiger charge is 2.16. The summed E-state index contributed by atoms with van der Waals surface area (Å²) in [6.07, 6.45) is 5.65. The first-order valence-corrected chi connectivity index (χ1v) is 9.73. The molecule has 3 aromatic heterocycles. The summed E-state index contributed by atoms with van der Waals surface area (Å²) in [6.45, 7) is 2.84. The first kappa shape index (κ1) is 18.1. The van der Waals surface area contributed by atoms with E-state index >= 15 is 0 Å². The van der Waals surface area contributed by atoms with E-state index < -0.39 is 0 Å². The number of rotatable bonds is 7. The monoisotopic (exact) mass is 394 g/mol. The number of carbonyl (C=O) groups excluding carboxylic acids is 1. The van der Waals surface area contributed by atoms with Gasteiger partial charge in [-0.05, 0) is 36.8 Å². The fourth-order valence-electron chi connectivity index (χ4n) is 2.73. The van der Waals surface area contributed by atoms with Crippen molar-refractivity contribution in [1.82, 2.24) is 20.1 Å². The Morgan fingerprint density at radius 3 is 2.89 bits per heavy atom. The van der Waals surface area contributed by atoms with Crippen molar-refractivity contribution >= 4 is 33.5 Å². The van der Waals surface area contributed by atoms with Gasteiger partial charge < -0.3 is 13.7 Å². The van der Waals surface area contributed by atoms with Crippen molar-refractivity contribution in [1.29, 1.82) is 0 Å². The van der Waals surface area contributed by atoms with Crippen LogP contribution in [0.3, 0.4) is 0 Å². The Morgan fingerprint density at radius 2 is 2.11 bits per heavy atom. The number of nitrogens with zero attached hydrogens (tertiary/aromatic N) is 4. The fourth-order valence-corrected chi connectivity index (χ4v) is 3.60. The van der Waals surface area contributed by atoms with Gasteiger partial charge in [-0.1, -0.05) is 19.1 Å². The number of thiazole rings is 1. The number of hydrogen-bond donors (Lipinski definition) is 0. The predicted molar refractivity (Wildman–Crippen MR) is 106 cm³/mol. The van der Waals surface area contributed by atoms with E-state index in [1.807, 2.05) is 31.2 Å². The van der Waals surface area contributed by atoms with Crippen LogP contribution in [0, 0.1) is 0 Å². The van der Waals surface area contributed by atoms with Crippen molar-refractivity contribution in [3.8, 4) is 11.7 Å². The highest BCUT2D eigenvalue weighted by atomic mass is 32.1. The first-order valence-electron chi connectivity index (χ1n) is 8.91. The minimum Gasteiger partial charge on any atom is -0.459 e. The number of furan rings is 1. The molecule has 0 spiro atoms. The van der Waals surface area contributed by atoms with Gasteiger partial charge in [-0.15, -0.1) is 21.5 Å². The van der Waals surface area contributed by atoms with Crippen LogP contribution in [0.5, 0.6) is 0 Å². The normalized spacial score (nSPS) is 11.5. The average Bonchev–Trinajstić information content (AvgIpc) is 3.45. The number of benzene rings is 1. The van der Waals surface area contributed by atoms with Gasteiger partial charge in [0, 0.05) is 12.6 Å². The number of fused-ring (bicyclic) bond motifs is 1. The van der Waals surface area contributed by atoms with Crippen LogP contribution in [0.15, 0.2) is 57.6 Å². The molecule has 0 bridgehead atoms. The Labute approximate surface area is 165 Å². The topological polar surface area (TPSA) is 85.3 Å². The maximum Gasteiger partial charge on any atom is 0.283 e. The summed E-state index contributed by atoms with van der Waals surface area (Å²) in [5.74, 6) is 1.04. The Hall–Kier alpha value is -3.26. The summed E-state index contributed by atoms with van der Waals surface area (Å²) < 4.78 is 12.0. The first-order chi connectivity index (χ1) is 13.7. The van der Waals surface area contributed by atoms with E-state index in [4.69, 9.17) is 8.83 Å². The average molecular weight is 394 g/mol. The van der Waals surface area contributed by atoms with Gasteiger partial charge in [-0.2, -0.15) is 0 Å². The number of carbonyl (C=O) groups is 1. The molecule has 0 saturated carbocycles. The standard InChI is InChI=1S/C20H18N4O3S/c1-2-11-24(13-17-22-23-20(27-17)15-7-5-12-26-15)19(25)10-9-18-21-14-6-3-4-8-16(14)28-18/h3-10,12H,2,11,13H2,1H3. The summed E-state index contributed by atoms with van der Waals surface area (Å²) in [5.41, 5.74) is 0.932. The molecular weight excluding hydrogens is 376 g/mol. The Kier molecular flexibility index (Phi) is 5.29. The zero-order valence-electron chi connectivity index (χ0n) is 15.2. The van der Waals surface area contributed by atoms with E-state index in [1.54, 1.807) is 40.7 Å². The van der Waals surface area contributed by atoms with Crippen molar-refractivity contribution in [3.63, 3.8) is 0 Å². The molecule has 8 heteroatoms. The second-order valence-electron chi connectivity index (χ2n) is 6.09. The summed E-state index contributed by atoms with van der Waals surface area (Å²) in [5, 5.41) is 8.79. The molecule has 0 atom stereocenters. The molecule has 1 aromatic carbocycles. The Bertz CT molecular complexity index is 1060. The number of para-hydroxylation sites is 1. The summed E-state index contributed by atoms with van der Waals surface area (Å²) in [6, 6.07) is 11.4. The maximum atomic E-state index is 12.7. The van der Waals surface area contributed by atoms with E-state index in [0.717, 1.165) is 21.6 Å². The smallest absolute Gasteiger partial charge is 0.283 e. The van der Waals surface area contributed by atoms with E-state index in [9.17, 15) is 4.79 Å². The lowest BCUT2D eigenvalue weighted by molar-refractivity contribution is -0.126. The SMILES string of the molecule is CCCN(Cc1nnc(-c2ccco2)o1)C(=O)C=Cc1nc2ccccc2s1. The lowest BCUT2D eigenvalue weighted by atomic mass is 10.3. The van der Waals surface area contributed by atoms with Crippen molar-refractivity contribution in [2.45, 2.75) is 19.9 Å². The fraction of sp³-hybridized carbons (Fsp3) is 0.200. The van der Waals surface area contributed by atoms with Crippen LogP contribution >= 0.6 is 11.3 Å². The minimum absolute atomic E-state index is 0.126. The highest BCUT2D eigenvalue weighted by Crippen LogP contribution is 2.22. The molecule has 3 heterocycles. The van der Waals surface area contributed by atoms with Gasteiger partial charge in [-0.3, -0.25) is 4.79 Å². The van der Waals surface area contributed by atoms with Crippen LogP contribution in [-0.2, 0) is 11.3 Å². The van der Waals surface area contributed by atoms with Crippen LogP contribution < -0.4 is 0 Å². The van der Waals surface area contributed by atoms with E-state index in [2.05, 4.69) is 15.2 Å². The minimum atomic E-state index is -0.126. The molecule has 0 aliphatic carbocycles. The highest BCUT2D eigenvalue weighted by molar-refractivity contribution is 7.19. The van der Waals surface area contributed by atoms with Gasteiger partial charge >= 0.3 is 0 Å². The van der Waals surface area contributed by atoms with Gasteiger partial charge in [0.25, 0.3) is 5.89 Å². The molecule has 1 amide bonds. The van der Waals surface area contributed by atoms with Crippen molar-refractivity contribution in [2.24, 2.45) is 0 Å². The summed E-state index contributed by atoms with van der Waals surface area (Å²) in [4.78, 5) is 18.9. The van der Waals surface area contributed by atoms with Crippen molar-refractivity contribution in [2.75, 3.05) is 6.54 Å². The van der Waals surface area contributed by atoms with Crippen LogP contribution in [0.4, 0.5) is 0 Å². The van der Waals surface area contributed by atoms with E-state index in [1.165, 1.54) is 6.08 Å².